The number of carbonyl (C=O) groups excluding carboxylic acids is 2. The van der Waals surface area contributed by atoms with Gasteiger partial charge in [-0.1, -0.05) is 83.0 Å². The number of amides is 2. The smallest absolute Gasteiger partial charge is 0.243 e. The lowest BCUT2D eigenvalue weighted by atomic mass is 10.0. The Bertz CT molecular complexity index is 1400. The van der Waals surface area contributed by atoms with Crippen LogP contribution in [0.4, 0.5) is 5.69 Å². The van der Waals surface area contributed by atoms with Gasteiger partial charge in [0.25, 0.3) is 0 Å². The number of hydrogen-bond donors (Lipinski definition) is 1. The number of sulfonamides is 1. The molecule has 220 valence electrons. The van der Waals surface area contributed by atoms with Crippen molar-refractivity contribution in [2.75, 3.05) is 17.1 Å². The highest BCUT2D eigenvalue weighted by molar-refractivity contribution is 9.10. The zero-order chi connectivity index (χ0) is 30.0. The molecule has 0 aliphatic rings. The Labute approximate surface area is 253 Å². The molecule has 0 spiro atoms. The third kappa shape index (κ3) is 10.0. The first-order chi connectivity index (χ1) is 19.5. The van der Waals surface area contributed by atoms with Gasteiger partial charge in [-0.3, -0.25) is 13.9 Å². The van der Waals surface area contributed by atoms with E-state index in [1.54, 1.807) is 17.0 Å². The van der Waals surface area contributed by atoms with E-state index in [9.17, 15) is 18.0 Å². The van der Waals surface area contributed by atoms with Gasteiger partial charge in [-0.15, -0.1) is 0 Å². The molecule has 0 radical (unpaired) electrons. The van der Waals surface area contributed by atoms with Crippen LogP contribution in [0.1, 0.15) is 49.8 Å². The molecule has 0 aliphatic carbocycles. The topological polar surface area (TPSA) is 86.8 Å². The fraction of sp³-hybridized carbons (Fsp3) is 0.375. The normalized spacial score (nSPS) is 12.8. The second-order valence-electron chi connectivity index (χ2n) is 10.4. The lowest BCUT2D eigenvalue weighted by molar-refractivity contribution is -0.141. The summed E-state index contributed by atoms with van der Waals surface area (Å²) in [5, 5.41) is 3.07. The molecular formula is C32H40BrN3O4S. The van der Waals surface area contributed by atoms with E-state index < -0.39 is 16.1 Å². The Kier molecular flexibility index (Phi) is 12.0. The van der Waals surface area contributed by atoms with E-state index in [2.05, 4.69) is 21.2 Å². The number of rotatable bonds is 14. The molecule has 1 N–H and O–H groups in total. The molecule has 3 aromatic rings. The first kappa shape index (κ1) is 32.3. The number of hydrogen-bond acceptors (Lipinski definition) is 4. The van der Waals surface area contributed by atoms with Gasteiger partial charge in [0, 0.05) is 36.4 Å². The van der Waals surface area contributed by atoms with Gasteiger partial charge >= 0.3 is 0 Å². The maximum atomic E-state index is 13.9. The van der Waals surface area contributed by atoms with E-state index in [1.165, 1.54) is 10.6 Å². The molecule has 0 aromatic heterocycles. The average molecular weight is 643 g/mol. The molecule has 2 unspecified atom stereocenters. The second-order valence-corrected chi connectivity index (χ2v) is 13.3. The van der Waals surface area contributed by atoms with Crippen molar-refractivity contribution in [2.24, 2.45) is 0 Å². The van der Waals surface area contributed by atoms with Crippen molar-refractivity contribution in [3.8, 4) is 0 Å². The molecule has 0 saturated carbocycles. The Morgan fingerprint density at radius 3 is 2.22 bits per heavy atom. The molecule has 0 heterocycles. The van der Waals surface area contributed by atoms with Crippen molar-refractivity contribution in [3.63, 3.8) is 0 Å². The quantitative estimate of drug-likeness (QED) is 0.239. The van der Waals surface area contributed by atoms with Crippen molar-refractivity contribution >= 4 is 43.5 Å². The molecule has 0 bridgehead atoms. The first-order valence-electron chi connectivity index (χ1n) is 13.9. The van der Waals surface area contributed by atoms with Gasteiger partial charge in [0.05, 0.1) is 11.9 Å². The summed E-state index contributed by atoms with van der Waals surface area (Å²) in [6, 6.07) is 23.9. The lowest BCUT2D eigenvalue weighted by Crippen LogP contribution is -2.52. The van der Waals surface area contributed by atoms with Gasteiger partial charge < -0.3 is 10.2 Å². The minimum atomic E-state index is -3.55. The van der Waals surface area contributed by atoms with Crippen LogP contribution in [0.25, 0.3) is 0 Å². The number of halogens is 1. The van der Waals surface area contributed by atoms with E-state index in [4.69, 9.17) is 0 Å². The van der Waals surface area contributed by atoms with Crippen molar-refractivity contribution in [2.45, 2.75) is 65.1 Å². The van der Waals surface area contributed by atoms with E-state index in [0.29, 0.717) is 18.5 Å². The SMILES string of the molecule is CCC(C)NC(=O)C(Cc1ccccc1)N(Cc1cccc(Br)c1)C(=O)CCCN(c1ccc(C)cc1)S(C)(=O)=O. The van der Waals surface area contributed by atoms with E-state index in [1.807, 2.05) is 87.5 Å². The average Bonchev–Trinajstić information content (AvgIpc) is 2.93. The molecule has 2 atom stereocenters. The molecule has 3 aromatic carbocycles. The maximum absolute atomic E-state index is 13.9. The largest absolute Gasteiger partial charge is 0.352 e. The second kappa shape index (κ2) is 15.2. The fourth-order valence-electron chi connectivity index (χ4n) is 4.54. The number of benzene rings is 3. The Balaban J connectivity index is 1.89. The highest BCUT2D eigenvalue weighted by atomic mass is 79.9. The number of nitrogens with zero attached hydrogens (tertiary/aromatic N) is 2. The van der Waals surface area contributed by atoms with Gasteiger partial charge in [0.15, 0.2) is 0 Å². The van der Waals surface area contributed by atoms with E-state index >= 15 is 0 Å². The Hall–Kier alpha value is -3.17. The lowest BCUT2D eigenvalue weighted by Gasteiger charge is -2.32. The molecule has 0 saturated heterocycles. The highest BCUT2D eigenvalue weighted by Gasteiger charge is 2.31. The van der Waals surface area contributed by atoms with E-state index in [-0.39, 0.29) is 37.4 Å². The molecule has 2 amide bonds. The van der Waals surface area contributed by atoms with Crippen LogP contribution in [0.15, 0.2) is 83.3 Å². The third-order valence-electron chi connectivity index (χ3n) is 6.99. The van der Waals surface area contributed by atoms with Crippen molar-refractivity contribution < 1.29 is 18.0 Å². The number of anilines is 1. The summed E-state index contributed by atoms with van der Waals surface area (Å²) in [6.45, 7) is 6.29. The van der Waals surface area contributed by atoms with Crippen LogP contribution in [-0.4, -0.2) is 50.0 Å². The van der Waals surface area contributed by atoms with Crippen molar-refractivity contribution in [3.05, 3.63) is 100 Å². The van der Waals surface area contributed by atoms with Crippen LogP contribution in [0, 0.1) is 6.92 Å². The molecule has 0 fully saturated rings. The van der Waals surface area contributed by atoms with Gasteiger partial charge in [0.2, 0.25) is 21.8 Å². The molecule has 41 heavy (non-hydrogen) atoms. The van der Waals surface area contributed by atoms with Crippen LogP contribution in [0.5, 0.6) is 0 Å². The summed E-state index contributed by atoms with van der Waals surface area (Å²) >= 11 is 3.51. The molecular weight excluding hydrogens is 602 g/mol. The van der Waals surface area contributed by atoms with Crippen LogP contribution in [0.2, 0.25) is 0 Å². The van der Waals surface area contributed by atoms with Gasteiger partial charge in [-0.25, -0.2) is 8.42 Å². The predicted molar refractivity (Wildman–Crippen MR) is 169 cm³/mol. The number of carbonyl (C=O) groups is 2. The molecule has 0 aliphatic heterocycles. The first-order valence-corrected chi connectivity index (χ1v) is 16.5. The van der Waals surface area contributed by atoms with Crippen LogP contribution >= 0.6 is 15.9 Å². The van der Waals surface area contributed by atoms with Crippen molar-refractivity contribution in [1.82, 2.24) is 10.2 Å². The number of nitrogens with one attached hydrogen (secondary N) is 1. The Morgan fingerprint density at radius 1 is 0.951 bits per heavy atom. The third-order valence-corrected chi connectivity index (χ3v) is 8.68. The standard InChI is InChI=1S/C32H40BrN3O4S/c1-5-25(3)34-32(38)30(22-26-11-7-6-8-12-26)35(23-27-13-9-14-28(33)21-27)31(37)15-10-20-36(41(4,39)40)29-18-16-24(2)17-19-29/h6-9,11-14,16-19,21,25,30H,5,10,15,20,22-23H2,1-4H3,(H,34,38). The van der Waals surface area contributed by atoms with E-state index in [0.717, 1.165) is 27.6 Å². The maximum Gasteiger partial charge on any atom is 0.243 e. The zero-order valence-corrected chi connectivity index (χ0v) is 26.6. The minimum absolute atomic E-state index is 0.0403. The van der Waals surface area contributed by atoms with Crippen LogP contribution < -0.4 is 9.62 Å². The summed E-state index contributed by atoms with van der Waals surface area (Å²) in [5.74, 6) is -0.411. The highest BCUT2D eigenvalue weighted by Crippen LogP contribution is 2.21. The van der Waals surface area contributed by atoms with Gasteiger partial charge in [-0.2, -0.15) is 0 Å². The molecule has 3 rings (SSSR count). The summed E-state index contributed by atoms with van der Waals surface area (Å²) in [6.07, 6.45) is 2.70. The predicted octanol–water partition coefficient (Wildman–Crippen LogP) is 5.86. The summed E-state index contributed by atoms with van der Waals surface area (Å²) in [4.78, 5) is 29.2. The minimum Gasteiger partial charge on any atom is -0.352 e. The molecule has 9 heteroatoms. The number of aryl methyl sites for hydroxylation is 1. The Morgan fingerprint density at radius 2 is 1.61 bits per heavy atom. The molecule has 7 nitrogen and oxygen atoms in total. The van der Waals surface area contributed by atoms with Crippen LogP contribution in [0.3, 0.4) is 0 Å². The summed E-state index contributed by atoms with van der Waals surface area (Å²) in [7, 11) is -3.55. The van der Waals surface area contributed by atoms with Gasteiger partial charge in [0.1, 0.15) is 6.04 Å². The zero-order valence-electron chi connectivity index (χ0n) is 24.2. The van der Waals surface area contributed by atoms with Gasteiger partial charge in [-0.05, 0) is 62.1 Å². The fourth-order valence-corrected chi connectivity index (χ4v) is 5.95. The monoisotopic (exact) mass is 641 g/mol. The summed E-state index contributed by atoms with van der Waals surface area (Å²) in [5.41, 5.74) is 3.43. The van der Waals surface area contributed by atoms with Crippen molar-refractivity contribution in [1.29, 1.82) is 0 Å². The van der Waals surface area contributed by atoms with Crippen LogP contribution in [-0.2, 0) is 32.6 Å². The summed E-state index contributed by atoms with van der Waals surface area (Å²) < 4.78 is 27.4.